The van der Waals surface area contributed by atoms with Gasteiger partial charge in [0.1, 0.15) is 4.51 Å². The molecule has 1 rings (SSSR count). The highest BCUT2D eigenvalue weighted by Gasteiger charge is 2.24. The average Bonchev–Trinajstić information content (AvgIpc) is 1.65. The van der Waals surface area contributed by atoms with E-state index in [1.54, 1.807) is 0 Å². The second-order valence-corrected chi connectivity index (χ2v) is 3.95. The predicted octanol–water partition coefficient (Wildman–Crippen LogP) is 2.46. The number of alkyl halides is 1. The molecular formula is C6H12BrClO. The molecule has 1 N–H and O–H groups in total. The van der Waals surface area contributed by atoms with Crippen molar-refractivity contribution >= 4 is 28.3 Å². The largest absolute Gasteiger partial charge is 0.379 e. The molecule has 9 heavy (non-hydrogen) atoms. The summed E-state index contributed by atoms with van der Waals surface area (Å²) in [6, 6.07) is 0. The minimum atomic E-state index is -0.509. The van der Waals surface area contributed by atoms with Crippen LogP contribution in [0.2, 0.25) is 0 Å². The van der Waals surface area contributed by atoms with Gasteiger partial charge in [0.05, 0.1) is 0 Å². The monoisotopic (exact) mass is 214 g/mol. The van der Waals surface area contributed by atoms with Crippen molar-refractivity contribution < 1.29 is 5.11 Å². The van der Waals surface area contributed by atoms with E-state index < -0.39 is 4.51 Å². The fourth-order valence-electron chi connectivity index (χ4n) is 1.09. The molecule has 0 aliphatic heterocycles. The summed E-state index contributed by atoms with van der Waals surface area (Å²) in [5, 5.41) is 9.29. The Hall–Kier alpha value is 0.730. The van der Waals surface area contributed by atoms with Crippen molar-refractivity contribution in [2.24, 2.45) is 0 Å². The van der Waals surface area contributed by atoms with Gasteiger partial charge in [0.15, 0.2) is 0 Å². The Labute approximate surface area is 70.4 Å². The SMILES string of the molecule is Cl.OC1(Br)CCCCC1. The smallest absolute Gasteiger partial charge is 0.119 e. The molecule has 1 nitrogen and oxygen atoms in total. The van der Waals surface area contributed by atoms with Gasteiger partial charge in [-0.15, -0.1) is 12.4 Å². The first-order valence-electron chi connectivity index (χ1n) is 3.12. The minimum absolute atomic E-state index is 0. The Morgan fingerprint density at radius 3 is 1.78 bits per heavy atom. The zero-order chi connectivity index (χ0) is 6.04. The number of rotatable bonds is 0. The van der Waals surface area contributed by atoms with Crippen LogP contribution in [0.3, 0.4) is 0 Å². The van der Waals surface area contributed by atoms with E-state index in [0.717, 1.165) is 12.8 Å². The third-order valence-electron chi connectivity index (χ3n) is 1.62. The van der Waals surface area contributed by atoms with Crippen LogP contribution in [-0.2, 0) is 0 Å². The highest BCUT2D eigenvalue weighted by atomic mass is 79.9. The quantitative estimate of drug-likeness (QED) is 0.616. The summed E-state index contributed by atoms with van der Waals surface area (Å²) in [7, 11) is 0. The zero-order valence-corrected chi connectivity index (χ0v) is 7.67. The topological polar surface area (TPSA) is 20.2 Å². The van der Waals surface area contributed by atoms with Crippen LogP contribution in [0, 0.1) is 0 Å². The van der Waals surface area contributed by atoms with E-state index in [4.69, 9.17) is 0 Å². The standard InChI is InChI=1S/C6H11BrO.ClH/c7-6(8)4-2-1-3-5-6;/h8H,1-5H2;1H. The summed E-state index contributed by atoms with van der Waals surface area (Å²) in [6.07, 6.45) is 5.47. The third kappa shape index (κ3) is 3.43. The van der Waals surface area contributed by atoms with Crippen molar-refractivity contribution in [3.05, 3.63) is 0 Å². The average molecular weight is 216 g/mol. The number of halogens is 2. The van der Waals surface area contributed by atoms with Gasteiger partial charge in [-0.05, 0) is 25.7 Å². The first kappa shape index (κ1) is 9.73. The number of hydrogen-bond acceptors (Lipinski definition) is 1. The Bertz CT molecular complexity index is 77.1. The molecule has 0 radical (unpaired) electrons. The van der Waals surface area contributed by atoms with Crippen LogP contribution in [0.4, 0.5) is 0 Å². The van der Waals surface area contributed by atoms with E-state index in [1.807, 2.05) is 0 Å². The van der Waals surface area contributed by atoms with Crippen LogP contribution in [0.25, 0.3) is 0 Å². The molecule has 0 aromatic heterocycles. The molecule has 0 saturated heterocycles. The lowest BCUT2D eigenvalue weighted by molar-refractivity contribution is 0.102. The van der Waals surface area contributed by atoms with E-state index in [9.17, 15) is 5.11 Å². The Morgan fingerprint density at radius 2 is 1.56 bits per heavy atom. The van der Waals surface area contributed by atoms with Gasteiger partial charge < -0.3 is 5.11 Å². The van der Waals surface area contributed by atoms with Crippen LogP contribution in [0.1, 0.15) is 32.1 Å². The van der Waals surface area contributed by atoms with Crippen LogP contribution in [-0.4, -0.2) is 9.62 Å². The summed E-state index contributed by atoms with van der Waals surface area (Å²) in [5.41, 5.74) is 0. The summed E-state index contributed by atoms with van der Waals surface area (Å²) >= 11 is 3.25. The summed E-state index contributed by atoms with van der Waals surface area (Å²) in [4.78, 5) is 0. The highest BCUT2D eigenvalue weighted by Crippen LogP contribution is 2.32. The van der Waals surface area contributed by atoms with E-state index in [2.05, 4.69) is 15.9 Å². The van der Waals surface area contributed by atoms with Crippen molar-refractivity contribution in [1.82, 2.24) is 0 Å². The molecule has 0 atom stereocenters. The van der Waals surface area contributed by atoms with Crippen molar-refractivity contribution in [1.29, 1.82) is 0 Å². The van der Waals surface area contributed by atoms with Gasteiger partial charge in [-0.25, -0.2) is 0 Å². The predicted molar refractivity (Wildman–Crippen MR) is 44.2 cm³/mol. The fourth-order valence-corrected chi connectivity index (χ4v) is 1.65. The van der Waals surface area contributed by atoms with Crippen LogP contribution in [0.15, 0.2) is 0 Å². The second-order valence-electron chi connectivity index (χ2n) is 2.48. The minimum Gasteiger partial charge on any atom is -0.379 e. The molecule has 0 aromatic rings. The molecule has 1 fully saturated rings. The summed E-state index contributed by atoms with van der Waals surface area (Å²) in [5.74, 6) is 0. The van der Waals surface area contributed by atoms with Gasteiger partial charge in [0.25, 0.3) is 0 Å². The van der Waals surface area contributed by atoms with Gasteiger partial charge in [-0.1, -0.05) is 22.4 Å². The molecule has 1 aliphatic carbocycles. The molecule has 3 heteroatoms. The van der Waals surface area contributed by atoms with E-state index in [-0.39, 0.29) is 12.4 Å². The van der Waals surface area contributed by atoms with Gasteiger partial charge in [0, 0.05) is 0 Å². The van der Waals surface area contributed by atoms with Crippen molar-refractivity contribution in [3.63, 3.8) is 0 Å². The lowest BCUT2D eigenvalue weighted by Gasteiger charge is -2.25. The fraction of sp³-hybridized carbons (Fsp3) is 1.00. The van der Waals surface area contributed by atoms with Gasteiger partial charge in [-0.2, -0.15) is 0 Å². The molecule has 0 bridgehead atoms. The van der Waals surface area contributed by atoms with Crippen LogP contribution in [0.5, 0.6) is 0 Å². The number of hydrogen-bond donors (Lipinski definition) is 1. The van der Waals surface area contributed by atoms with Gasteiger partial charge >= 0.3 is 0 Å². The normalized spacial score (nSPS) is 24.7. The Kier molecular flexibility index (Phi) is 4.10. The molecule has 1 aliphatic rings. The maximum atomic E-state index is 9.29. The molecule has 0 aromatic carbocycles. The first-order valence-corrected chi connectivity index (χ1v) is 3.91. The Balaban J connectivity index is 0.000000640. The lowest BCUT2D eigenvalue weighted by Crippen LogP contribution is -2.22. The molecule has 56 valence electrons. The van der Waals surface area contributed by atoms with E-state index in [1.165, 1.54) is 19.3 Å². The maximum Gasteiger partial charge on any atom is 0.119 e. The Morgan fingerprint density at radius 1 is 1.11 bits per heavy atom. The third-order valence-corrected chi connectivity index (χ3v) is 2.41. The summed E-state index contributed by atoms with van der Waals surface area (Å²) in [6.45, 7) is 0. The molecule has 0 amide bonds. The van der Waals surface area contributed by atoms with Crippen molar-refractivity contribution in [2.75, 3.05) is 0 Å². The molecule has 0 spiro atoms. The molecule has 0 unspecified atom stereocenters. The second kappa shape index (κ2) is 3.79. The first-order chi connectivity index (χ1) is 3.71. The maximum absolute atomic E-state index is 9.29. The van der Waals surface area contributed by atoms with E-state index in [0.29, 0.717) is 0 Å². The number of aliphatic hydroxyl groups is 1. The van der Waals surface area contributed by atoms with E-state index >= 15 is 0 Å². The molecular weight excluding hydrogens is 203 g/mol. The van der Waals surface area contributed by atoms with Gasteiger partial charge in [0.2, 0.25) is 0 Å². The van der Waals surface area contributed by atoms with Crippen LogP contribution >= 0.6 is 28.3 Å². The molecule has 1 saturated carbocycles. The molecule has 0 heterocycles. The zero-order valence-electron chi connectivity index (χ0n) is 5.27. The van der Waals surface area contributed by atoms with Crippen molar-refractivity contribution in [2.45, 2.75) is 36.6 Å². The van der Waals surface area contributed by atoms with Crippen LogP contribution < -0.4 is 0 Å². The van der Waals surface area contributed by atoms with Crippen molar-refractivity contribution in [3.8, 4) is 0 Å². The van der Waals surface area contributed by atoms with Gasteiger partial charge in [-0.3, -0.25) is 0 Å². The lowest BCUT2D eigenvalue weighted by atomic mass is 9.98. The summed E-state index contributed by atoms with van der Waals surface area (Å²) < 4.78 is -0.509. The highest BCUT2D eigenvalue weighted by molar-refractivity contribution is 9.10.